The second kappa shape index (κ2) is 11.3. The van der Waals surface area contributed by atoms with Crippen molar-refractivity contribution in [2.24, 2.45) is 0 Å². The molecule has 0 N–H and O–H groups in total. The molecule has 0 aliphatic carbocycles. The summed E-state index contributed by atoms with van der Waals surface area (Å²) in [5, 5.41) is 14.7. The molecular formula is C50H30N2. The van der Waals surface area contributed by atoms with Crippen molar-refractivity contribution >= 4 is 75.7 Å². The second-order valence-electron chi connectivity index (χ2n) is 13.8. The van der Waals surface area contributed by atoms with E-state index in [0.717, 1.165) is 32.9 Å². The van der Waals surface area contributed by atoms with Gasteiger partial charge < -0.3 is 0 Å². The first-order chi connectivity index (χ1) is 25.7. The molecule has 2 heterocycles. The first-order valence-electron chi connectivity index (χ1n) is 17.8. The highest BCUT2D eigenvalue weighted by molar-refractivity contribution is 6.27. The Morgan fingerprint density at radius 2 is 0.808 bits per heavy atom. The van der Waals surface area contributed by atoms with Crippen molar-refractivity contribution in [2.45, 2.75) is 0 Å². The molecule has 0 aliphatic rings. The Labute approximate surface area is 300 Å². The minimum atomic E-state index is 0.932. The van der Waals surface area contributed by atoms with Crippen LogP contribution in [0, 0.1) is 0 Å². The van der Waals surface area contributed by atoms with Crippen LogP contribution in [0.5, 0.6) is 0 Å². The number of hydrogen-bond acceptors (Lipinski definition) is 2. The number of hydrogen-bond donors (Lipinski definition) is 0. The molecule has 52 heavy (non-hydrogen) atoms. The van der Waals surface area contributed by atoms with Crippen LogP contribution in [0.4, 0.5) is 0 Å². The van der Waals surface area contributed by atoms with E-state index in [2.05, 4.69) is 169 Å². The molecule has 0 unspecified atom stereocenters. The third-order valence-corrected chi connectivity index (χ3v) is 10.9. The summed E-state index contributed by atoms with van der Waals surface area (Å²) in [7, 11) is 0. The van der Waals surface area contributed by atoms with Gasteiger partial charge in [-0.3, -0.25) is 9.97 Å². The fourth-order valence-electron chi connectivity index (χ4n) is 8.27. The van der Waals surface area contributed by atoms with Gasteiger partial charge in [-0.2, -0.15) is 0 Å². The predicted octanol–water partition coefficient (Wildman–Crippen LogP) is 13.5. The molecule has 0 radical (unpaired) electrons. The average molecular weight is 659 g/mol. The first-order valence-corrected chi connectivity index (χ1v) is 17.8. The molecule has 9 aromatic carbocycles. The monoisotopic (exact) mass is 658 g/mol. The Morgan fingerprint density at radius 1 is 0.269 bits per heavy atom. The Morgan fingerprint density at radius 3 is 1.62 bits per heavy atom. The lowest BCUT2D eigenvalue weighted by molar-refractivity contribution is 1.37. The van der Waals surface area contributed by atoms with Gasteiger partial charge in [-0.05, 0) is 118 Å². The predicted molar refractivity (Wildman–Crippen MR) is 221 cm³/mol. The molecule has 0 amide bonds. The number of aromatic nitrogens is 2. The zero-order chi connectivity index (χ0) is 34.2. The van der Waals surface area contributed by atoms with Crippen LogP contribution < -0.4 is 0 Å². The Balaban J connectivity index is 1.16. The van der Waals surface area contributed by atoms with E-state index in [1.165, 1.54) is 76.1 Å². The van der Waals surface area contributed by atoms with Crippen molar-refractivity contribution in [3.05, 3.63) is 182 Å². The highest BCUT2D eigenvalue weighted by atomic mass is 14.7. The zero-order valence-electron chi connectivity index (χ0n) is 28.2. The smallest absolute Gasteiger partial charge is 0.0964 e. The molecule has 0 saturated carbocycles. The van der Waals surface area contributed by atoms with E-state index in [0.29, 0.717) is 0 Å². The SMILES string of the molecule is c1ccc2cc(-c3ccc4c(c3)c3ccc(-c5cnc6c(ccc7cccnc76)c5)cc3c3ccc(-c5cccc6ccccc56)cc43)ccc2c1. The number of nitrogens with zero attached hydrogens (tertiary/aromatic N) is 2. The summed E-state index contributed by atoms with van der Waals surface area (Å²) in [6.45, 7) is 0. The van der Waals surface area contributed by atoms with Gasteiger partial charge in [-0.15, -0.1) is 0 Å². The van der Waals surface area contributed by atoms with Crippen molar-refractivity contribution in [1.82, 2.24) is 9.97 Å². The number of fused-ring (bicyclic) bond motifs is 11. The molecule has 0 bridgehead atoms. The van der Waals surface area contributed by atoms with Crippen molar-refractivity contribution in [1.29, 1.82) is 0 Å². The standard InChI is InChI=1S/C50H30N2/c1-2-9-34-25-35(16-14-31(34)7-1)36-18-21-44-46(27-36)43-22-19-37(40-26-39-17-15-33-11-6-24-51-49(33)50(39)52-30-40)28-47(43)45-23-20-38(29-48(44)45)42-13-5-10-32-8-3-4-12-41(32)42/h1-30H. The maximum Gasteiger partial charge on any atom is 0.0964 e. The summed E-state index contributed by atoms with van der Waals surface area (Å²) in [6.07, 6.45) is 3.84. The van der Waals surface area contributed by atoms with Crippen LogP contribution in [0.25, 0.3) is 109 Å². The van der Waals surface area contributed by atoms with Crippen molar-refractivity contribution in [2.75, 3.05) is 0 Å². The molecule has 240 valence electrons. The van der Waals surface area contributed by atoms with Crippen LogP contribution >= 0.6 is 0 Å². The minimum Gasteiger partial charge on any atom is -0.254 e. The number of benzene rings is 9. The lowest BCUT2D eigenvalue weighted by atomic mass is 9.88. The molecule has 0 saturated heterocycles. The van der Waals surface area contributed by atoms with Crippen molar-refractivity contribution in [3.63, 3.8) is 0 Å². The topological polar surface area (TPSA) is 25.8 Å². The molecular weight excluding hydrogens is 629 g/mol. The summed E-state index contributed by atoms with van der Waals surface area (Å²) in [5.41, 5.74) is 9.01. The fraction of sp³-hybridized carbons (Fsp3) is 0. The summed E-state index contributed by atoms with van der Waals surface area (Å²) in [5.74, 6) is 0. The maximum atomic E-state index is 4.95. The molecule has 2 aromatic heterocycles. The average Bonchev–Trinajstić information content (AvgIpc) is 3.22. The van der Waals surface area contributed by atoms with E-state index in [1.807, 2.05) is 18.5 Å². The fourth-order valence-corrected chi connectivity index (χ4v) is 8.27. The molecule has 0 spiro atoms. The highest BCUT2D eigenvalue weighted by Gasteiger charge is 2.15. The third kappa shape index (κ3) is 4.51. The highest BCUT2D eigenvalue weighted by Crippen LogP contribution is 2.42. The van der Waals surface area contributed by atoms with Crippen LogP contribution in [0.2, 0.25) is 0 Å². The molecule has 2 nitrogen and oxygen atoms in total. The van der Waals surface area contributed by atoms with Crippen LogP contribution in [0.3, 0.4) is 0 Å². The molecule has 11 rings (SSSR count). The number of pyridine rings is 2. The van der Waals surface area contributed by atoms with Gasteiger partial charge in [-0.1, -0.05) is 133 Å². The quantitative estimate of drug-likeness (QED) is 0.177. The zero-order valence-corrected chi connectivity index (χ0v) is 28.2. The first kappa shape index (κ1) is 28.9. The minimum absolute atomic E-state index is 0.932. The van der Waals surface area contributed by atoms with Gasteiger partial charge >= 0.3 is 0 Å². The molecule has 0 aliphatic heterocycles. The Hall–Kier alpha value is -6.90. The van der Waals surface area contributed by atoms with Crippen LogP contribution in [-0.4, -0.2) is 9.97 Å². The third-order valence-electron chi connectivity index (χ3n) is 10.9. The van der Waals surface area contributed by atoms with Gasteiger partial charge in [-0.25, -0.2) is 0 Å². The van der Waals surface area contributed by atoms with Crippen molar-refractivity contribution < 1.29 is 0 Å². The second-order valence-corrected chi connectivity index (χ2v) is 13.8. The summed E-state index contributed by atoms with van der Waals surface area (Å²) < 4.78 is 0. The molecule has 0 fully saturated rings. The van der Waals surface area contributed by atoms with Crippen molar-refractivity contribution in [3.8, 4) is 33.4 Å². The lowest BCUT2D eigenvalue weighted by Gasteiger charge is -2.15. The number of rotatable bonds is 3. The van der Waals surface area contributed by atoms with E-state index in [-0.39, 0.29) is 0 Å². The summed E-state index contributed by atoms with van der Waals surface area (Å²) in [6, 6.07) is 62.2. The van der Waals surface area contributed by atoms with Gasteiger partial charge in [0.1, 0.15) is 0 Å². The Bertz CT molecular complexity index is 3240. The van der Waals surface area contributed by atoms with E-state index in [9.17, 15) is 0 Å². The van der Waals surface area contributed by atoms with E-state index < -0.39 is 0 Å². The van der Waals surface area contributed by atoms with Crippen LogP contribution in [0.1, 0.15) is 0 Å². The van der Waals surface area contributed by atoms with Gasteiger partial charge in [0.25, 0.3) is 0 Å². The van der Waals surface area contributed by atoms with Gasteiger partial charge in [0.05, 0.1) is 11.0 Å². The molecule has 2 heteroatoms. The van der Waals surface area contributed by atoms with Crippen LogP contribution in [-0.2, 0) is 0 Å². The van der Waals surface area contributed by atoms with E-state index >= 15 is 0 Å². The lowest BCUT2D eigenvalue weighted by Crippen LogP contribution is -1.89. The largest absolute Gasteiger partial charge is 0.254 e. The van der Waals surface area contributed by atoms with Crippen LogP contribution in [0.15, 0.2) is 182 Å². The Kier molecular flexibility index (Phi) is 6.28. The van der Waals surface area contributed by atoms with Gasteiger partial charge in [0, 0.05) is 28.7 Å². The normalized spacial score (nSPS) is 11.8. The molecule has 11 aromatic rings. The van der Waals surface area contributed by atoms with E-state index in [4.69, 9.17) is 4.98 Å². The van der Waals surface area contributed by atoms with Gasteiger partial charge in [0.15, 0.2) is 0 Å². The summed E-state index contributed by atoms with van der Waals surface area (Å²) >= 11 is 0. The van der Waals surface area contributed by atoms with E-state index in [1.54, 1.807) is 0 Å². The molecule has 0 atom stereocenters. The summed E-state index contributed by atoms with van der Waals surface area (Å²) in [4.78, 5) is 9.60. The maximum absolute atomic E-state index is 4.95. The van der Waals surface area contributed by atoms with Gasteiger partial charge in [0.2, 0.25) is 0 Å².